The summed E-state index contributed by atoms with van der Waals surface area (Å²) < 4.78 is 37.0. The van der Waals surface area contributed by atoms with Gasteiger partial charge in [-0.2, -0.15) is 0 Å². The molecule has 2 amide bonds. The largest absolute Gasteiger partial charge is 0.396 e. The Bertz CT molecular complexity index is 500. The van der Waals surface area contributed by atoms with Gasteiger partial charge in [0.25, 0.3) is 10.0 Å². The Morgan fingerprint density at radius 1 is 1.40 bits per heavy atom. The molecule has 0 aliphatic rings. The number of sulfonamides is 1. The van der Waals surface area contributed by atoms with Gasteiger partial charge in [-0.15, -0.1) is 0 Å². The van der Waals surface area contributed by atoms with Gasteiger partial charge in [0.15, 0.2) is 0 Å². The first-order valence-corrected chi connectivity index (χ1v) is 5.18. The predicted molar refractivity (Wildman–Crippen MR) is 50.7 cm³/mol. The molecule has 15 heavy (non-hydrogen) atoms. The van der Waals surface area contributed by atoms with E-state index in [2.05, 4.69) is 5.73 Å². The first kappa shape index (κ1) is 11.2. The number of carbonyl (C=O) groups is 1. The molecular formula is C7H8FN3O3S. The highest BCUT2D eigenvalue weighted by Crippen LogP contribution is 2.15. The predicted octanol–water partition coefficient (Wildman–Crippen LogP) is -0.235. The van der Waals surface area contributed by atoms with E-state index in [1.165, 1.54) is 4.72 Å². The molecule has 6 nitrogen and oxygen atoms in total. The first-order chi connectivity index (χ1) is 6.83. The average molecular weight is 233 g/mol. The van der Waals surface area contributed by atoms with Crippen molar-refractivity contribution in [2.24, 2.45) is 5.73 Å². The maximum absolute atomic E-state index is 12.9. The number of hydrogen-bond donors (Lipinski definition) is 3. The molecule has 0 aromatic heterocycles. The van der Waals surface area contributed by atoms with Gasteiger partial charge in [0.2, 0.25) is 0 Å². The Kier molecular flexibility index (Phi) is 2.80. The van der Waals surface area contributed by atoms with Gasteiger partial charge in [-0.25, -0.2) is 22.3 Å². The Balaban J connectivity index is 3.17. The highest BCUT2D eigenvalue weighted by Gasteiger charge is 2.17. The molecule has 5 N–H and O–H groups in total. The lowest BCUT2D eigenvalue weighted by atomic mass is 10.3. The SMILES string of the molecule is NC(=O)NS(=O)(=O)c1ccc(N)c(F)c1. The van der Waals surface area contributed by atoms with Crippen LogP contribution >= 0.6 is 0 Å². The van der Waals surface area contributed by atoms with Gasteiger partial charge >= 0.3 is 6.03 Å². The molecule has 0 heterocycles. The minimum atomic E-state index is -4.12. The zero-order valence-corrected chi connectivity index (χ0v) is 8.21. The van der Waals surface area contributed by atoms with E-state index >= 15 is 0 Å². The third-order valence-corrected chi connectivity index (χ3v) is 2.86. The number of nitrogen functional groups attached to an aromatic ring is 1. The molecule has 0 fully saturated rings. The third-order valence-electron chi connectivity index (χ3n) is 1.52. The summed E-state index contributed by atoms with van der Waals surface area (Å²) in [6, 6.07) is 1.59. The summed E-state index contributed by atoms with van der Waals surface area (Å²) in [4.78, 5) is 9.93. The van der Waals surface area contributed by atoms with Crippen LogP contribution in [-0.2, 0) is 10.0 Å². The Labute approximate surface area is 85.1 Å². The van der Waals surface area contributed by atoms with Gasteiger partial charge < -0.3 is 11.5 Å². The molecule has 1 aromatic carbocycles. The van der Waals surface area contributed by atoms with Crippen LogP contribution in [0.2, 0.25) is 0 Å². The molecule has 1 rings (SSSR count). The number of rotatable bonds is 2. The van der Waals surface area contributed by atoms with Crippen LogP contribution in [0.15, 0.2) is 23.1 Å². The summed E-state index contributed by atoms with van der Waals surface area (Å²) >= 11 is 0. The van der Waals surface area contributed by atoms with Crippen LogP contribution in [0.25, 0.3) is 0 Å². The first-order valence-electron chi connectivity index (χ1n) is 3.70. The second-order valence-corrected chi connectivity index (χ2v) is 4.34. The Morgan fingerprint density at radius 3 is 2.47 bits per heavy atom. The van der Waals surface area contributed by atoms with Crippen LogP contribution in [0.1, 0.15) is 0 Å². The standard InChI is InChI=1S/C7H8FN3O3S/c8-5-3-4(1-2-6(5)9)15(13,14)11-7(10)12/h1-3H,9H2,(H3,10,11,12). The zero-order chi connectivity index (χ0) is 11.6. The monoisotopic (exact) mass is 233 g/mol. The summed E-state index contributed by atoms with van der Waals surface area (Å²) in [5.41, 5.74) is 9.60. The number of nitrogens with two attached hydrogens (primary N) is 2. The van der Waals surface area contributed by atoms with Crippen molar-refractivity contribution in [3.63, 3.8) is 0 Å². The fourth-order valence-electron chi connectivity index (χ4n) is 0.866. The molecule has 0 aliphatic carbocycles. The number of urea groups is 1. The molecule has 82 valence electrons. The van der Waals surface area contributed by atoms with E-state index in [-0.39, 0.29) is 5.69 Å². The van der Waals surface area contributed by atoms with Crippen molar-refractivity contribution >= 4 is 21.7 Å². The molecule has 0 saturated carbocycles. The number of anilines is 1. The number of amides is 2. The maximum atomic E-state index is 12.9. The zero-order valence-electron chi connectivity index (χ0n) is 7.40. The number of halogens is 1. The van der Waals surface area contributed by atoms with Crippen LogP contribution < -0.4 is 16.2 Å². The molecule has 0 atom stereocenters. The van der Waals surface area contributed by atoms with E-state index in [1.54, 1.807) is 0 Å². The topological polar surface area (TPSA) is 115 Å². The van der Waals surface area contributed by atoms with Crippen LogP contribution in [0.3, 0.4) is 0 Å². The van der Waals surface area contributed by atoms with Gasteiger partial charge in [0.1, 0.15) is 5.82 Å². The molecule has 1 aromatic rings. The fourth-order valence-corrected chi connectivity index (χ4v) is 1.75. The van der Waals surface area contributed by atoms with E-state index < -0.39 is 26.8 Å². The van der Waals surface area contributed by atoms with Gasteiger partial charge in [-0.3, -0.25) is 0 Å². The van der Waals surface area contributed by atoms with Gasteiger partial charge in [-0.05, 0) is 18.2 Å². The molecule has 0 radical (unpaired) electrons. The highest BCUT2D eigenvalue weighted by atomic mass is 32.2. The van der Waals surface area contributed by atoms with E-state index in [4.69, 9.17) is 5.73 Å². The molecule has 0 spiro atoms. The number of benzene rings is 1. The van der Waals surface area contributed by atoms with Gasteiger partial charge in [0.05, 0.1) is 10.6 Å². The summed E-state index contributed by atoms with van der Waals surface area (Å²) in [6.07, 6.45) is 0. The van der Waals surface area contributed by atoms with E-state index in [9.17, 15) is 17.6 Å². The van der Waals surface area contributed by atoms with E-state index in [1.807, 2.05) is 0 Å². The van der Waals surface area contributed by atoms with E-state index in [0.717, 1.165) is 12.1 Å². The van der Waals surface area contributed by atoms with Crippen molar-refractivity contribution in [3.8, 4) is 0 Å². The van der Waals surface area contributed by atoms with Crippen LogP contribution in [-0.4, -0.2) is 14.4 Å². The van der Waals surface area contributed by atoms with Crippen LogP contribution in [0, 0.1) is 5.82 Å². The van der Waals surface area contributed by atoms with Crippen molar-refractivity contribution in [1.82, 2.24) is 4.72 Å². The summed E-state index contributed by atoms with van der Waals surface area (Å²) in [5, 5.41) is 0. The molecule has 8 heteroatoms. The number of nitrogens with one attached hydrogen (secondary N) is 1. The Morgan fingerprint density at radius 2 is 2.00 bits per heavy atom. The normalized spacial score (nSPS) is 11.0. The van der Waals surface area contributed by atoms with Crippen molar-refractivity contribution in [1.29, 1.82) is 0 Å². The maximum Gasteiger partial charge on any atom is 0.326 e. The molecule has 0 unspecified atom stereocenters. The third kappa shape index (κ3) is 2.56. The second-order valence-electron chi connectivity index (χ2n) is 2.65. The highest BCUT2D eigenvalue weighted by molar-refractivity contribution is 7.90. The molecular weight excluding hydrogens is 225 g/mol. The minimum absolute atomic E-state index is 0.187. The van der Waals surface area contributed by atoms with Crippen molar-refractivity contribution in [2.45, 2.75) is 4.90 Å². The van der Waals surface area contributed by atoms with Crippen molar-refractivity contribution in [3.05, 3.63) is 24.0 Å². The Hall–Kier alpha value is -1.83. The number of primary amides is 1. The lowest BCUT2D eigenvalue weighted by molar-refractivity contribution is 0.253. The molecule has 0 bridgehead atoms. The lowest BCUT2D eigenvalue weighted by Gasteiger charge is -2.04. The summed E-state index contributed by atoms with van der Waals surface area (Å²) in [7, 11) is -4.12. The average Bonchev–Trinajstić information content (AvgIpc) is 2.07. The molecule has 0 saturated heterocycles. The van der Waals surface area contributed by atoms with Crippen molar-refractivity contribution in [2.75, 3.05) is 5.73 Å². The second kappa shape index (κ2) is 3.73. The van der Waals surface area contributed by atoms with Crippen LogP contribution in [0.5, 0.6) is 0 Å². The summed E-state index contributed by atoms with van der Waals surface area (Å²) in [6.45, 7) is 0. The number of carbonyl (C=O) groups excluding carboxylic acids is 1. The van der Waals surface area contributed by atoms with Crippen LogP contribution in [0.4, 0.5) is 14.9 Å². The fraction of sp³-hybridized carbons (Fsp3) is 0. The summed E-state index contributed by atoms with van der Waals surface area (Å²) in [5.74, 6) is -0.887. The molecule has 0 aliphatic heterocycles. The van der Waals surface area contributed by atoms with Gasteiger partial charge in [-0.1, -0.05) is 0 Å². The smallest absolute Gasteiger partial charge is 0.326 e. The van der Waals surface area contributed by atoms with E-state index in [0.29, 0.717) is 6.07 Å². The number of hydrogen-bond acceptors (Lipinski definition) is 4. The lowest BCUT2D eigenvalue weighted by Crippen LogP contribution is -2.35. The van der Waals surface area contributed by atoms with Gasteiger partial charge in [0, 0.05) is 0 Å². The minimum Gasteiger partial charge on any atom is -0.396 e. The van der Waals surface area contributed by atoms with Crippen molar-refractivity contribution < 1.29 is 17.6 Å². The quantitative estimate of drug-likeness (QED) is 0.611.